The van der Waals surface area contributed by atoms with Gasteiger partial charge in [0.25, 0.3) is 0 Å². The van der Waals surface area contributed by atoms with Gasteiger partial charge in [0.1, 0.15) is 49.1 Å². The molecule has 49 heavy (non-hydrogen) atoms. The molecule has 2 bridgehead atoms. The highest BCUT2D eigenvalue weighted by Crippen LogP contribution is 2.69. The minimum absolute atomic E-state index is 0.0107. The zero-order valence-electron chi connectivity index (χ0n) is 27.4. The number of hydrogen-bond donors (Lipinski definition) is 1. The first-order valence-electron chi connectivity index (χ1n) is 15.6. The van der Waals surface area contributed by atoms with E-state index in [0.29, 0.717) is 0 Å². The highest BCUT2D eigenvalue weighted by Gasteiger charge is 2.86. The van der Waals surface area contributed by atoms with E-state index in [-0.39, 0.29) is 23.1 Å². The third-order valence-corrected chi connectivity index (χ3v) is 9.88. The van der Waals surface area contributed by atoms with Gasteiger partial charge in [-0.3, -0.25) is 9.59 Å². The van der Waals surface area contributed by atoms with Crippen LogP contribution in [-0.4, -0.2) is 82.8 Å². The molecule has 3 aromatic heterocycles. The molecule has 1 N–H and O–H groups in total. The molecule has 3 aliphatic rings. The van der Waals surface area contributed by atoms with Crippen molar-refractivity contribution in [3.05, 3.63) is 72.5 Å². The topological polar surface area (TPSA) is 200 Å². The van der Waals surface area contributed by atoms with E-state index in [2.05, 4.69) is 0 Å². The Hall–Kier alpha value is -4.89. The smallest absolute Gasteiger partial charge is 0.341 e. The summed E-state index contributed by atoms with van der Waals surface area (Å²) in [5.74, 6) is -4.94. The van der Waals surface area contributed by atoms with Crippen molar-refractivity contribution in [1.29, 1.82) is 0 Å². The van der Waals surface area contributed by atoms with E-state index in [9.17, 15) is 29.1 Å². The summed E-state index contributed by atoms with van der Waals surface area (Å²) in [7, 11) is 0. The third-order valence-electron chi connectivity index (χ3n) is 9.88. The molecule has 15 heteroatoms. The summed E-state index contributed by atoms with van der Waals surface area (Å²) in [4.78, 5) is 66.3. The summed E-state index contributed by atoms with van der Waals surface area (Å²) in [5, 5.41) is 12.7. The van der Waals surface area contributed by atoms with Crippen molar-refractivity contribution in [3.63, 3.8) is 0 Å². The predicted octanol–water partition coefficient (Wildman–Crippen LogP) is 3.65. The molecule has 6 rings (SSSR count). The molecule has 3 fully saturated rings. The van der Waals surface area contributed by atoms with Crippen LogP contribution in [0.4, 0.5) is 0 Å². The van der Waals surface area contributed by atoms with Crippen molar-refractivity contribution in [2.24, 2.45) is 11.3 Å². The number of hydrogen-bond acceptors (Lipinski definition) is 15. The normalized spacial score (nSPS) is 32.7. The SMILES string of the molecule is CC(=O)OC[C@]12[C@H](OC(=O)c3ccoc3)[C@H](OC(=O)c3ccoc3)C[C@@](C)(O)[C@@]13OC(C)(C)[C@@H](C[C@H]2OC(=O)c1ccoc1)[C@@H]3OC(C)=O. The first kappa shape index (κ1) is 34.0. The average Bonchev–Trinajstić information content (AvgIpc) is 3.84. The summed E-state index contributed by atoms with van der Waals surface area (Å²) >= 11 is 0. The molecule has 0 unspecified atom stereocenters. The zero-order chi connectivity index (χ0) is 35.4. The molecular weight excluding hydrogens is 648 g/mol. The molecule has 4 heterocycles. The maximum Gasteiger partial charge on any atom is 0.341 e. The molecule has 0 radical (unpaired) electrons. The summed E-state index contributed by atoms with van der Waals surface area (Å²) in [6.45, 7) is 6.42. The van der Waals surface area contributed by atoms with E-state index in [1.54, 1.807) is 13.8 Å². The van der Waals surface area contributed by atoms with Crippen molar-refractivity contribution < 1.29 is 70.8 Å². The Morgan fingerprint density at radius 1 is 0.755 bits per heavy atom. The van der Waals surface area contributed by atoms with Crippen molar-refractivity contribution in [3.8, 4) is 0 Å². The van der Waals surface area contributed by atoms with Crippen molar-refractivity contribution in [2.45, 2.75) is 88.7 Å². The van der Waals surface area contributed by atoms with Crippen LogP contribution < -0.4 is 0 Å². The van der Waals surface area contributed by atoms with Gasteiger partial charge in [-0.25, -0.2) is 14.4 Å². The highest BCUT2D eigenvalue weighted by atomic mass is 16.6. The van der Waals surface area contributed by atoms with Crippen LogP contribution in [-0.2, 0) is 38.0 Å². The number of carbonyl (C=O) groups excluding carboxylic acids is 5. The van der Waals surface area contributed by atoms with Gasteiger partial charge in [0.15, 0.2) is 11.7 Å². The second-order valence-corrected chi connectivity index (χ2v) is 13.3. The lowest BCUT2D eigenvalue weighted by Crippen LogP contribution is -2.83. The molecule has 0 aromatic carbocycles. The van der Waals surface area contributed by atoms with Crippen LogP contribution in [0.1, 0.15) is 78.5 Å². The van der Waals surface area contributed by atoms with Crippen molar-refractivity contribution in [1.82, 2.24) is 0 Å². The van der Waals surface area contributed by atoms with Gasteiger partial charge < -0.3 is 46.8 Å². The number of ether oxygens (including phenoxy) is 6. The van der Waals surface area contributed by atoms with E-state index in [1.165, 1.54) is 57.1 Å². The van der Waals surface area contributed by atoms with Crippen molar-refractivity contribution in [2.75, 3.05) is 6.61 Å². The summed E-state index contributed by atoms with van der Waals surface area (Å²) in [5.41, 5.74) is -7.50. The van der Waals surface area contributed by atoms with Crippen LogP contribution in [0, 0.1) is 11.3 Å². The molecule has 262 valence electrons. The Kier molecular flexibility index (Phi) is 8.47. The van der Waals surface area contributed by atoms with E-state index >= 15 is 0 Å². The standard InChI is InChI=1S/C34H36O15/c1-18(35)44-17-33-25(47-29(38)21-7-10-42-15-21)12-23-26(45-19(2)36)34(33,49-31(23,3)4)32(5,40)13-24(46-28(37)20-6-9-41-14-20)27(33)48-30(39)22-8-11-43-16-22/h6-11,14-16,23-27,40H,12-13,17H2,1-5H3/t23-,24+,25+,26-,27+,32+,33-,34+/m0/s1. The number of rotatable bonds is 9. The summed E-state index contributed by atoms with van der Waals surface area (Å²) in [6.07, 6.45) is 0.838. The van der Waals surface area contributed by atoms with Crippen LogP contribution >= 0.6 is 0 Å². The van der Waals surface area contributed by atoms with E-state index in [1.807, 2.05) is 0 Å². The van der Waals surface area contributed by atoms with Gasteiger partial charge >= 0.3 is 29.8 Å². The lowest BCUT2D eigenvalue weighted by atomic mass is 9.46. The molecule has 3 aromatic rings. The van der Waals surface area contributed by atoms with Crippen molar-refractivity contribution >= 4 is 29.8 Å². The zero-order valence-corrected chi connectivity index (χ0v) is 27.4. The van der Waals surface area contributed by atoms with Gasteiger partial charge in [-0.05, 0) is 45.4 Å². The molecule has 1 spiro atoms. The maximum absolute atomic E-state index is 13.8. The Morgan fingerprint density at radius 2 is 1.29 bits per heavy atom. The Labute approximate surface area is 279 Å². The molecule has 15 nitrogen and oxygen atoms in total. The fourth-order valence-corrected chi connectivity index (χ4v) is 7.95. The van der Waals surface area contributed by atoms with Gasteiger partial charge in [0.05, 0.1) is 46.7 Å². The second kappa shape index (κ2) is 12.2. The minimum atomic E-state index is -2.12. The monoisotopic (exact) mass is 684 g/mol. The Bertz CT molecular complexity index is 1700. The minimum Gasteiger partial charge on any atom is -0.472 e. The third kappa shape index (κ3) is 5.50. The largest absolute Gasteiger partial charge is 0.472 e. The van der Waals surface area contributed by atoms with Gasteiger partial charge in [0.2, 0.25) is 0 Å². The lowest BCUT2D eigenvalue weighted by Gasteiger charge is -2.65. The van der Waals surface area contributed by atoms with Gasteiger partial charge in [0, 0.05) is 26.2 Å². The number of fused-ring (bicyclic) bond motifs is 1. The molecule has 1 saturated heterocycles. The molecular formula is C34H36O15. The van der Waals surface area contributed by atoms with E-state index < -0.39 is 95.4 Å². The van der Waals surface area contributed by atoms with Gasteiger partial charge in [-0.1, -0.05) is 0 Å². The number of aliphatic hydroxyl groups is 1. The average molecular weight is 685 g/mol. The fourth-order valence-electron chi connectivity index (χ4n) is 7.95. The highest BCUT2D eigenvalue weighted by molar-refractivity contribution is 5.90. The quantitative estimate of drug-likeness (QED) is 0.253. The van der Waals surface area contributed by atoms with Crippen LogP contribution in [0.25, 0.3) is 0 Å². The predicted molar refractivity (Wildman–Crippen MR) is 160 cm³/mol. The Morgan fingerprint density at radius 3 is 1.78 bits per heavy atom. The molecule has 1 aliphatic heterocycles. The lowest BCUT2D eigenvalue weighted by molar-refractivity contribution is -0.353. The van der Waals surface area contributed by atoms with Gasteiger partial charge in [-0.15, -0.1) is 0 Å². The van der Waals surface area contributed by atoms with Crippen LogP contribution in [0.2, 0.25) is 0 Å². The number of esters is 5. The van der Waals surface area contributed by atoms with Gasteiger partial charge in [-0.2, -0.15) is 0 Å². The second-order valence-electron chi connectivity index (χ2n) is 13.3. The Balaban J connectivity index is 1.62. The first-order valence-corrected chi connectivity index (χ1v) is 15.6. The number of carbonyl (C=O) groups is 5. The van der Waals surface area contributed by atoms with Crippen LogP contribution in [0.15, 0.2) is 69.0 Å². The molecule has 2 aliphatic carbocycles. The molecule has 8 atom stereocenters. The number of furan rings is 3. The fraction of sp³-hybridized carbons (Fsp3) is 0.500. The summed E-state index contributed by atoms with van der Waals surface area (Å²) < 4.78 is 52.1. The molecule has 0 amide bonds. The van der Waals surface area contributed by atoms with Crippen LogP contribution in [0.5, 0.6) is 0 Å². The van der Waals surface area contributed by atoms with E-state index in [0.717, 1.165) is 19.5 Å². The van der Waals surface area contributed by atoms with Crippen LogP contribution in [0.3, 0.4) is 0 Å². The van der Waals surface area contributed by atoms with E-state index in [4.69, 9.17) is 41.7 Å². The maximum atomic E-state index is 13.8. The summed E-state index contributed by atoms with van der Waals surface area (Å²) in [6, 6.07) is 4.07. The molecule has 2 saturated carbocycles. The first-order chi connectivity index (χ1) is 23.1.